The van der Waals surface area contributed by atoms with Crippen LogP contribution in [0.25, 0.3) is 0 Å². The molecule has 0 aliphatic carbocycles. The highest BCUT2D eigenvalue weighted by molar-refractivity contribution is 9.09. The number of unbranched alkanes of at least 4 members (excludes halogenated alkanes) is 1. The molecule has 46 valence electrons. The van der Waals surface area contributed by atoms with E-state index in [9.17, 15) is 4.79 Å². The van der Waals surface area contributed by atoms with Crippen molar-refractivity contribution in [3.05, 3.63) is 12.2 Å². The second-order valence-corrected chi connectivity index (χ2v) is 2.19. The Hall–Kier alpha value is -0.110. The van der Waals surface area contributed by atoms with Crippen molar-refractivity contribution in [3.8, 4) is 0 Å². The molecule has 0 aliphatic rings. The second kappa shape index (κ2) is 6.89. The van der Waals surface area contributed by atoms with Crippen molar-refractivity contribution in [1.29, 1.82) is 0 Å². The Kier molecular flexibility index (Phi) is 6.80. The Labute approximate surface area is 57.9 Å². The van der Waals surface area contributed by atoms with E-state index < -0.39 is 0 Å². The number of hydrogen-bond donors (Lipinski definition) is 0. The third-order valence-corrected chi connectivity index (χ3v) is 1.28. The quantitative estimate of drug-likeness (QED) is 0.277. The lowest BCUT2D eigenvalue weighted by Crippen LogP contribution is -1.69. The molecule has 0 aromatic rings. The lowest BCUT2D eigenvalue weighted by Gasteiger charge is -1.82. The Bertz CT molecular complexity index is 78.6. The van der Waals surface area contributed by atoms with Crippen molar-refractivity contribution in [3.63, 3.8) is 0 Å². The van der Waals surface area contributed by atoms with Crippen LogP contribution >= 0.6 is 15.9 Å². The average Bonchev–Trinajstić information content (AvgIpc) is 1.81. The first-order valence-electron chi connectivity index (χ1n) is 2.58. The Morgan fingerprint density at radius 1 is 1.50 bits per heavy atom. The smallest absolute Gasteiger partial charge is 0.142 e. The predicted octanol–water partition coefficient (Wildman–Crippen LogP) is 1.92. The van der Waals surface area contributed by atoms with Crippen molar-refractivity contribution < 1.29 is 4.79 Å². The standard InChI is InChI=1S/C6H9BrO/c7-5-3-1-2-4-6-8/h2,4,6H,1,3,5H2/b4-2+. The molecule has 0 aromatic carbocycles. The molecule has 0 heterocycles. The summed E-state index contributed by atoms with van der Waals surface area (Å²) in [7, 11) is 0. The van der Waals surface area contributed by atoms with Gasteiger partial charge in [-0.25, -0.2) is 0 Å². The summed E-state index contributed by atoms with van der Waals surface area (Å²) in [5.41, 5.74) is 0. The largest absolute Gasteiger partial charge is 0.299 e. The Morgan fingerprint density at radius 2 is 2.25 bits per heavy atom. The molecule has 1 nitrogen and oxygen atoms in total. The van der Waals surface area contributed by atoms with E-state index in [0.717, 1.165) is 24.5 Å². The first-order chi connectivity index (χ1) is 3.91. The van der Waals surface area contributed by atoms with Crippen molar-refractivity contribution >= 4 is 22.2 Å². The van der Waals surface area contributed by atoms with Crippen LogP contribution < -0.4 is 0 Å². The molecule has 0 saturated heterocycles. The van der Waals surface area contributed by atoms with Crippen LogP contribution in [0.15, 0.2) is 12.2 Å². The van der Waals surface area contributed by atoms with Gasteiger partial charge in [0.1, 0.15) is 6.29 Å². The molecule has 0 saturated carbocycles. The van der Waals surface area contributed by atoms with Gasteiger partial charge < -0.3 is 0 Å². The molecule has 0 bridgehead atoms. The summed E-state index contributed by atoms with van der Waals surface area (Å²) in [5, 5.41) is 1.01. The van der Waals surface area contributed by atoms with Crippen LogP contribution in [0, 0.1) is 0 Å². The van der Waals surface area contributed by atoms with Crippen molar-refractivity contribution in [1.82, 2.24) is 0 Å². The van der Waals surface area contributed by atoms with Gasteiger partial charge in [-0.2, -0.15) is 0 Å². The molecule has 0 unspecified atom stereocenters. The van der Waals surface area contributed by atoms with Crippen LogP contribution in [-0.4, -0.2) is 11.6 Å². The maximum Gasteiger partial charge on any atom is 0.142 e. The molecule has 0 aliphatic heterocycles. The lowest BCUT2D eigenvalue weighted by molar-refractivity contribution is -0.104. The molecule has 0 aromatic heterocycles. The van der Waals surface area contributed by atoms with Gasteiger partial charge in [0.15, 0.2) is 0 Å². The molecule has 2 heteroatoms. The summed E-state index contributed by atoms with van der Waals surface area (Å²) < 4.78 is 0. The molecule has 0 fully saturated rings. The van der Waals surface area contributed by atoms with Gasteiger partial charge in [-0.3, -0.25) is 4.79 Å². The minimum absolute atomic E-state index is 0.800. The number of carbonyl (C=O) groups excluding carboxylic acids is 1. The molecular formula is C6H9BrO. The highest BCUT2D eigenvalue weighted by atomic mass is 79.9. The van der Waals surface area contributed by atoms with Crippen LogP contribution in [0.1, 0.15) is 12.8 Å². The normalized spacial score (nSPS) is 10.1. The number of aldehydes is 1. The molecule has 0 radical (unpaired) electrons. The summed E-state index contributed by atoms with van der Waals surface area (Å²) in [5.74, 6) is 0. The topological polar surface area (TPSA) is 17.1 Å². The van der Waals surface area contributed by atoms with Gasteiger partial charge in [-0.05, 0) is 18.9 Å². The van der Waals surface area contributed by atoms with Gasteiger partial charge in [-0.15, -0.1) is 0 Å². The first kappa shape index (κ1) is 7.89. The third kappa shape index (κ3) is 5.89. The van der Waals surface area contributed by atoms with Crippen molar-refractivity contribution in [2.75, 3.05) is 5.33 Å². The average molecular weight is 177 g/mol. The highest BCUT2D eigenvalue weighted by Crippen LogP contribution is 1.93. The summed E-state index contributed by atoms with van der Waals surface area (Å²) in [4.78, 5) is 9.67. The fourth-order valence-corrected chi connectivity index (χ4v) is 0.671. The van der Waals surface area contributed by atoms with Gasteiger partial charge in [0.2, 0.25) is 0 Å². The SMILES string of the molecule is O=C/C=C/CCCBr. The number of allylic oxidation sites excluding steroid dienone is 2. The summed E-state index contributed by atoms with van der Waals surface area (Å²) in [6, 6.07) is 0. The molecule has 8 heavy (non-hydrogen) atoms. The van der Waals surface area contributed by atoms with E-state index in [1.54, 1.807) is 0 Å². The van der Waals surface area contributed by atoms with Gasteiger partial charge in [0, 0.05) is 5.33 Å². The summed E-state index contributed by atoms with van der Waals surface area (Å²) in [6.45, 7) is 0. The van der Waals surface area contributed by atoms with Crippen LogP contribution in [0.3, 0.4) is 0 Å². The summed E-state index contributed by atoms with van der Waals surface area (Å²) in [6.07, 6.45) is 6.29. The van der Waals surface area contributed by atoms with Crippen molar-refractivity contribution in [2.24, 2.45) is 0 Å². The maximum absolute atomic E-state index is 9.67. The Balaban J connectivity index is 2.91. The number of carbonyl (C=O) groups is 1. The lowest BCUT2D eigenvalue weighted by atomic mass is 10.3. The zero-order valence-electron chi connectivity index (χ0n) is 4.64. The van der Waals surface area contributed by atoms with Gasteiger partial charge in [0.05, 0.1) is 0 Å². The number of alkyl halides is 1. The van der Waals surface area contributed by atoms with Gasteiger partial charge in [-0.1, -0.05) is 22.0 Å². The predicted molar refractivity (Wildman–Crippen MR) is 38.2 cm³/mol. The minimum atomic E-state index is 0.800. The van der Waals surface area contributed by atoms with Gasteiger partial charge in [0.25, 0.3) is 0 Å². The fourth-order valence-electron chi connectivity index (χ4n) is 0.347. The Morgan fingerprint density at radius 3 is 2.75 bits per heavy atom. The zero-order valence-corrected chi connectivity index (χ0v) is 6.23. The second-order valence-electron chi connectivity index (χ2n) is 1.40. The minimum Gasteiger partial charge on any atom is -0.299 e. The van der Waals surface area contributed by atoms with E-state index in [1.807, 2.05) is 6.08 Å². The van der Waals surface area contributed by atoms with E-state index in [2.05, 4.69) is 15.9 Å². The third-order valence-electron chi connectivity index (χ3n) is 0.719. The monoisotopic (exact) mass is 176 g/mol. The molecule has 0 rings (SSSR count). The first-order valence-corrected chi connectivity index (χ1v) is 3.70. The molecular weight excluding hydrogens is 168 g/mol. The number of rotatable bonds is 4. The zero-order chi connectivity index (χ0) is 6.24. The number of hydrogen-bond acceptors (Lipinski definition) is 1. The molecule has 0 atom stereocenters. The highest BCUT2D eigenvalue weighted by Gasteiger charge is 1.75. The van der Waals surface area contributed by atoms with Crippen LogP contribution in [0.2, 0.25) is 0 Å². The van der Waals surface area contributed by atoms with Crippen molar-refractivity contribution in [2.45, 2.75) is 12.8 Å². The number of halogens is 1. The fraction of sp³-hybridized carbons (Fsp3) is 0.500. The van der Waals surface area contributed by atoms with E-state index in [1.165, 1.54) is 6.08 Å². The summed E-state index contributed by atoms with van der Waals surface area (Å²) >= 11 is 3.28. The van der Waals surface area contributed by atoms with Crippen LogP contribution in [0.4, 0.5) is 0 Å². The van der Waals surface area contributed by atoms with Gasteiger partial charge >= 0.3 is 0 Å². The van der Waals surface area contributed by atoms with E-state index in [-0.39, 0.29) is 0 Å². The van der Waals surface area contributed by atoms with E-state index in [0.29, 0.717) is 0 Å². The molecule has 0 N–H and O–H groups in total. The van der Waals surface area contributed by atoms with E-state index >= 15 is 0 Å². The van der Waals surface area contributed by atoms with E-state index in [4.69, 9.17) is 0 Å². The molecule has 0 spiro atoms. The maximum atomic E-state index is 9.67. The molecule has 0 amide bonds. The van der Waals surface area contributed by atoms with Crippen LogP contribution in [-0.2, 0) is 4.79 Å². The van der Waals surface area contributed by atoms with Crippen LogP contribution in [0.5, 0.6) is 0 Å².